The van der Waals surface area contributed by atoms with Gasteiger partial charge in [-0.05, 0) is 63.3 Å². The second-order valence-corrected chi connectivity index (χ2v) is 9.23. The van der Waals surface area contributed by atoms with Gasteiger partial charge in [0.1, 0.15) is 0 Å². The molecule has 0 bridgehead atoms. The zero-order valence-corrected chi connectivity index (χ0v) is 18.2. The summed E-state index contributed by atoms with van der Waals surface area (Å²) >= 11 is 3.52. The first-order valence-electron chi connectivity index (χ1n) is 9.41. The second kappa shape index (κ2) is 11.1. The molecule has 0 spiro atoms. The molecule has 0 aliphatic rings. The normalized spacial score (nSPS) is 11.4. The molecule has 0 aliphatic carbocycles. The molecule has 2 aromatic rings. The lowest BCUT2D eigenvalue weighted by Crippen LogP contribution is -2.06. The third-order valence-corrected chi connectivity index (χ3v) is 6.73. The summed E-state index contributed by atoms with van der Waals surface area (Å²) in [5, 5.41) is 0. The summed E-state index contributed by atoms with van der Waals surface area (Å²) in [5.41, 5.74) is 2.49. The van der Waals surface area contributed by atoms with Crippen LogP contribution < -0.4 is 0 Å². The summed E-state index contributed by atoms with van der Waals surface area (Å²) in [7, 11) is 0. The maximum absolute atomic E-state index is 12.1. The van der Waals surface area contributed by atoms with Gasteiger partial charge in [0.05, 0.1) is 0 Å². The van der Waals surface area contributed by atoms with Gasteiger partial charge in [0.15, 0.2) is 0 Å². The van der Waals surface area contributed by atoms with E-state index >= 15 is 0 Å². The predicted molar refractivity (Wildman–Crippen MR) is 111 cm³/mol. The third kappa shape index (κ3) is 8.26. The minimum atomic E-state index is -4.03. The molecule has 26 heavy (non-hydrogen) atoms. The summed E-state index contributed by atoms with van der Waals surface area (Å²) < 4.78 is 36.4. The van der Waals surface area contributed by atoms with Crippen LogP contribution in [0.15, 0.2) is 12.1 Å². The molecular formula is C21H31F3S2. The van der Waals surface area contributed by atoms with Crippen LogP contribution in [0.25, 0.3) is 9.75 Å². The van der Waals surface area contributed by atoms with Gasteiger partial charge in [-0.15, -0.1) is 22.7 Å². The molecule has 2 rings (SSSR count). The van der Waals surface area contributed by atoms with Crippen molar-refractivity contribution in [3.8, 4) is 9.75 Å². The Morgan fingerprint density at radius 1 is 0.808 bits per heavy atom. The van der Waals surface area contributed by atoms with E-state index in [0.29, 0.717) is 6.42 Å². The van der Waals surface area contributed by atoms with Gasteiger partial charge in [-0.2, -0.15) is 13.2 Å². The quantitative estimate of drug-likeness (QED) is 0.404. The molecule has 0 radical (unpaired) electrons. The Morgan fingerprint density at radius 2 is 1.38 bits per heavy atom. The van der Waals surface area contributed by atoms with Crippen molar-refractivity contribution < 1.29 is 13.2 Å². The predicted octanol–water partition coefficient (Wildman–Crippen LogP) is 8.87. The highest BCUT2D eigenvalue weighted by Crippen LogP contribution is 2.37. The summed E-state index contributed by atoms with van der Waals surface area (Å²) in [4.78, 5) is 5.04. The van der Waals surface area contributed by atoms with Crippen molar-refractivity contribution in [2.24, 2.45) is 0 Å². The van der Waals surface area contributed by atoms with E-state index in [0.717, 1.165) is 6.42 Å². The molecule has 2 heterocycles. The smallest absolute Gasteiger partial charge is 0.171 e. The van der Waals surface area contributed by atoms with E-state index in [2.05, 4.69) is 46.8 Å². The maximum atomic E-state index is 12.1. The van der Waals surface area contributed by atoms with Gasteiger partial charge < -0.3 is 0 Å². The molecule has 0 aromatic carbocycles. The number of hydrogen-bond donors (Lipinski definition) is 0. The lowest BCUT2D eigenvalue weighted by Gasteiger charge is -2.05. The van der Waals surface area contributed by atoms with Gasteiger partial charge in [-0.3, -0.25) is 0 Å². The van der Waals surface area contributed by atoms with Gasteiger partial charge in [0, 0.05) is 25.9 Å². The third-order valence-electron chi connectivity index (χ3n) is 4.29. The highest BCUT2D eigenvalue weighted by Gasteiger charge is 2.25. The average Bonchev–Trinajstić information content (AvgIpc) is 3.08. The van der Waals surface area contributed by atoms with E-state index in [4.69, 9.17) is 0 Å². The molecule has 0 saturated heterocycles. The highest BCUT2D eigenvalue weighted by atomic mass is 32.1. The lowest BCUT2D eigenvalue weighted by molar-refractivity contribution is -0.135. The number of alkyl halides is 3. The van der Waals surface area contributed by atoms with Crippen LogP contribution >= 0.6 is 22.7 Å². The topological polar surface area (TPSA) is 0 Å². The van der Waals surface area contributed by atoms with E-state index in [9.17, 15) is 13.2 Å². The SMILES string of the molecule is CCCCC.Cc1cc(-c2cc(CCCCC(F)(F)F)c(C)s2)sc1C. The Kier molecular flexibility index (Phi) is 9.94. The Labute approximate surface area is 164 Å². The maximum Gasteiger partial charge on any atom is 0.389 e. The average molecular weight is 405 g/mol. The van der Waals surface area contributed by atoms with E-state index in [1.807, 2.05) is 0 Å². The van der Waals surface area contributed by atoms with Crippen LogP contribution in [0, 0.1) is 20.8 Å². The van der Waals surface area contributed by atoms with Gasteiger partial charge in [0.2, 0.25) is 0 Å². The first kappa shape index (κ1) is 23.2. The van der Waals surface area contributed by atoms with Crippen LogP contribution in [0.4, 0.5) is 13.2 Å². The minimum Gasteiger partial charge on any atom is -0.171 e. The fourth-order valence-corrected chi connectivity index (χ4v) is 4.76. The molecule has 0 aliphatic heterocycles. The number of hydrogen-bond acceptors (Lipinski definition) is 2. The van der Waals surface area contributed by atoms with Gasteiger partial charge in [-0.25, -0.2) is 0 Å². The van der Waals surface area contributed by atoms with Crippen molar-refractivity contribution in [2.75, 3.05) is 0 Å². The molecule has 0 nitrogen and oxygen atoms in total. The molecule has 0 atom stereocenters. The summed E-state index contributed by atoms with van der Waals surface area (Å²) in [5.74, 6) is 0. The van der Waals surface area contributed by atoms with Crippen LogP contribution in [-0.4, -0.2) is 6.18 Å². The molecule has 148 valence electrons. The standard InChI is InChI=1S/C16H19F3S2.C5H12/c1-10-8-14(20-11(10)2)15-9-13(12(3)21-15)6-4-5-7-16(17,18)19;1-3-5-4-2/h8-9H,4-7H2,1-3H3;3-5H2,1-2H3. The van der Waals surface area contributed by atoms with Crippen molar-refractivity contribution in [1.82, 2.24) is 0 Å². The number of unbranched alkanes of at least 4 members (excludes halogenated alkanes) is 3. The summed E-state index contributed by atoms with van der Waals surface area (Å²) in [6.07, 6.45) is 0.923. The molecule has 0 N–H and O–H groups in total. The Morgan fingerprint density at radius 3 is 1.85 bits per heavy atom. The second-order valence-electron chi connectivity index (χ2n) is 6.72. The van der Waals surface area contributed by atoms with Crippen molar-refractivity contribution in [3.63, 3.8) is 0 Å². The zero-order valence-electron chi connectivity index (χ0n) is 16.6. The Bertz CT molecular complexity index is 629. The Balaban J connectivity index is 0.000000597. The van der Waals surface area contributed by atoms with E-state index in [1.165, 1.54) is 49.9 Å². The molecular weight excluding hydrogens is 373 g/mol. The first-order valence-corrected chi connectivity index (χ1v) is 11.0. The molecule has 2 aromatic heterocycles. The molecule has 0 fully saturated rings. The van der Waals surface area contributed by atoms with E-state index < -0.39 is 12.6 Å². The number of thiophene rings is 2. The summed E-state index contributed by atoms with van der Waals surface area (Å²) in [6.45, 7) is 10.7. The number of aryl methyl sites for hydroxylation is 4. The summed E-state index contributed by atoms with van der Waals surface area (Å²) in [6, 6.07) is 4.34. The Hall–Kier alpha value is -0.810. The van der Waals surface area contributed by atoms with Gasteiger partial charge in [-0.1, -0.05) is 33.1 Å². The fraction of sp³-hybridized carbons (Fsp3) is 0.619. The molecule has 0 amide bonds. The molecule has 0 unspecified atom stereocenters. The minimum absolute atomic E-state index is 0.214. The van der Waals surface area contributed by atoms with Crippen LogP contribution in [0.5, 0.6) is 0 Å². The van der Waals surface area contributed by atoms with Crippen LogP contribution in [-0.2, 0) is 6.42 Å². The van der Waals surface area contributed by atoms with Crippen molar-refractivity contribution in [3.05, 3.63) is 33.0 Å². The highest BCUT2D eigenvalue weighted by molar-refractivity contribution is 7.22. The number of rotatable bonds is 7. The van der Waals surface area contributed by atoms with E-state index in [1.54, 1.807) is 22.7 Å². The van der Waals surface area contributed by atoms with Gasteiger partial charge in [0.25, 0.3) is 0 Å². The first-order chi connectivity index (χ1) is 12.2. The molecule has 0 saturated carbocycles. The van der Waals surface area contributed by atoms with Crippen LogP contribution in [0.2, 0.25) is 0 Å². The molecule has 5 heteroatoms. The van der Waals surface area contributed by atoms with Crippen LogP contribution in [0.1, 0.15) is 73.3 Å². The van der Waals surface area contributed by atoms with Crippen LogP contribution in [0.3, 0.4) is 0 Å². The zero-order chi connectivity index (χ0) is 19.7. The van der Waals surface area contributed by atoms with Crippen molar-refractivity contribution >= 4 is 22.7 Å². The van der Waals surface area contributed by atoms with Gasteiger partial charge >= 0.3 is 6.18 Å². The van der Waals surface area contributed by atoms with Crippen molar-refractivity contribution in [2.45, 2.75) is 85.7 Å². The van der Waals surface area contributed by atoms with E-state index in [-0.39, 0.29) is 6.42 Å². The lowest BCUT2D eigenvalue weighted by atomic mass is 10.1. The van der Waals surface area contributed by atoms with Crippen molar-refractivity contribution in [1.29, 1.82) is 0 Å². The monoisotopic (exact) mass is 404 g/mol. The number of halogens is 3. The largest absolute Gasteiger partial charge is 0.389 e. The fourth-order valence-electron chi connectivity index (χ4n) is 2.58.